The van der Waals surface area contributed by atoms with Crippen LogP contribution in [0.5, 0.6) is 5.75 Å². The molecule has 1 aliphatic heterocycles. The molecule has 0 bridgehead atoms. The van der Waals surface area contributed by atoms with Crippen LogP contribution in [-0.4, -0.2) is 49.6 Å². The number of nitrogens with zero attached hydrogens (tertiary/aromatic N) is 2. The number of carbonyl (C=O) groups is 1. The first-order valence-corrected chi connectivity index (χ1v) is 10.8. The van der Waals surface area contributed by atoms with Crippen LogP contribution in [0.4, 0.5) is 0 Å². The lowest BCUT2D eigenvalue weighted by Crippen LogP contribution is -2.48. The second kappa shape index (κ2) is 13.3. The van der Waals surface area contributed by atoms with E-state index in [-0.39, 0.29) is 30.6 Å². The van der Waals surface area contributed by atoms with Crippen molar-refractivity contribution in [2.24, 2.45) is 10.7 Å². The summed E-state index contributed by atoms with van der Waals surface area (Å²) >= 11 is 0. The molecule has 0 aliphatic carbocycles. The molecule has 0 radical (unpaired) electrons. The topological polar surface area (TPSA) is 92.0 Å². The summed E-state index contributed by atoms with van der Waals surface area (Å²) in [6.07, 6.45) is 2.17. The lowest BCUT2D eigenvalue weighted by molar-refractivity contribution is -0.119. The summed E-state index contributed by atoms with van der Waals surface area (Å²) in [5, 5.41) is 6.91. The number of guanidine groups is 1. The Bertz CT molecular complexity index is 897. The van der Waals surface area contributed by atoms with E-state index in [0.29, 0.717) is 18.3 Å². The number of likely N-dealkylation sites (tertiary alicyclic amines) is 1. The van der Waals surface area contributed by atoms with E-state index in [1.165, 1.54) is 11.1 Å². The van der Waals surface area contributed by atoms with Gasteiger partial charge in [-0.1, -0.05) is 36.4 Å². The predicted octanol–water partition coefficient (Wildman–Crippen LogP) is 2.81. The van der Waals surface area contributed by atoms with Gasteiger partial charge in [-0.25, -0.2) is 0 Å². The van der Waals surface area contributed by atoms with Crippen molar-refractivity contribution in [3.8, 4) is 5.75 Å². The van der Waals surface area contributed by atoms with E-state index in [2.05, 4.69) is 51.7 Å². The zero-order chi connectivity index (χ0) is 22.1. The second-order valence-corrected chi connectivity index (χ2v) is 7.95. The summed E-state index contributed by atoms with van der Waals surface area (Å²) in [4.78, 5) is 17.8. The van der Waals surface area contributed by atoms with Crippen molar-refractivity contribution in [3.63, 3.8) is 0 Å². The van der Waals surface area contributed by atoms with Crippen molar-refractivity contribution in [1.29, 1.82) is 0 Å². The molecule has 2 aromatic carbocycles. The fraction of sp³-hybridized carbons (Fsp3) is 0.417. The molecule has 8 heteroatoms. The first kappa shape index (κ1) is 25.9. The van der Waals surface area contributed by atoms with Gasteiger partial charge in [0.1, 0.15) is 5.75 Å². The molecule has 0 atom stereocenters. The minimum Gasteiger partial charge on any atom is -0.484 e. The number of hydrogen-bond donors (Lipinski definition) is 3. The van der Waals surface area contributed by atoms with E-state index < -0.39 is 5.91 Å². The van der Waals surface area contributed by atoms with Gasteiger partial charge in [0.2, 0.25) is 0 Å². The van der Waals surface area contributed by atoms with Gasteiger partial charge in [0.15, 0.2) is 12.6 Å². The van der Waals surface area contributed by atoms with Crippen LogP contribution in [0, 0.1) is 6.92 Å². The number of ether oxygens (including phenoxy) is 1. The van der Waals surface area contributed by atoms with Gasteiger partial charge < -0.3 is 21.1 Å². The second-order valence-electron chi connectivity index (χ2n) is 7.95. The first-order valence-electron chi connectivity index (χ1n) is 10.8. The third-order valence-electron chi connectivity index (χ3n) is 5.55. The number of aryl methyl sites for hydroxylation is 1. The highest BCUT2D eigenvalue weighted by atomic mass is 127. The Morgan fingerprint density at radius 2 is 1.94 bits per heavy atom. The molecule has 0 saturated carbocycles. The molecule has 2 aromatic rings. The Morgan fingerprint density at radius 3 is 2.62 bits per heavy atom. The Hall–Kier alpha value is -2.33. The van der Waals surface area contributed by atoms with E-state index in [1.807, 2.05) is 24.3 Å². The van der Waals surface area contributed by atoms with Crippen LogP contribution in [0.3, 0.4) is 0 Å². The smallest absolute Gasteiger partial charge is 0.255 e. The molecule has 1 saturated heterocycles. The fourth-order valence-corrected chi connectivity index (χ4v) is 3.74. The summed E-state index contributed by atoms with van der Waals surface area (Å²) < 4.78 is 5.37. The first-order chi connectivity index (χ1) is 15.0. The van der Waals surface area contributed by atoms with Gasteiger partial charge in [-0.15, -0.1) is 24.0 Å². The molecule has 1 heterocycles. The van der Waals surface area contributed by atoms with Crippen LogP contribution in [0.2, 0.25) is 0 Å². The van der Waals surface area contributed by atoms with Crippen molar-refractivity contribution < 1.29 is 9.53 Å². The normalized spacial score (nSPS) is 15.0. The number of halogens is 1. The fourth-order valence-electron chi connectivity index (χ4n) is 3.74. The molecule has 1 amide bonds. The van der Waals surface area contributed by atoms with Gasteiger partial charge in [-0.3, -0.25) is 14.7 Å². The van der Waals surface area contributed by atoms with Crippen LogP contribution in [0.25, 0.3) is 0 Å². The molecule has 174 valence electrons. The molecule has 1 fully saturated rings. The highest BCUT2D eigenvalue weighted by Crippen LogP contribution is 2.16. The van der Waals surface area contributed by atoms with E-state index >= 15 is 0 Å². The van der Waals surface area contributed by atoms with Crippen molar-refractivity contribution in [2.45, 2.75) is 38.9 Å². The van der Waals surface area contributed by atoms with E-state index in [4.69, 9.17) is 10.5 Å². The monoisotopic (exact) mass is 551 g/mol. The Kier molecular flexibility index (Phi) is 10.8. The number of nitrogens with two attached hydrogens (primary N) is 1. The Balaban J connectivity index is 0.00000363. The van der Waals surface area contributed by atoms with Crippen molar-refractivity contribution in [3.05, 3.63) is 65.2 Å². The molecule has 7 nitrogen and oxygen atoms in total. The van der Waals surface area contributed by atoms with Gasteiger partial charge in [-0.2, -0.15) is 0 Å². The third kappa shape index (κ3) is 8.31. The molecular formula is C24H34IN5O2. The quantitative estimate of drug-likeness (QED) is 0.267. The minimum atomic E-state index is -0.488. The van der Waals surface area contributed by atoms with E-state index in [0.717, 1.165) is 44.0 Å². The van der Waals surface area contributed by atoms with Gasteiger partial charge in [0.25, 0.3) is 5.91 Å². The zero-order valence-corrected chi connectivity index (χ0v) is 21.2. The lowest BCUT2D eigenvalue weighted by atomic mass is 10.0. The lowest BCUT2D eigenvalue weighted by Gasteiger charge is -2.33. The number of carbonyl (C=O) groups excluding carboxylic acids is 1. The molecule has 32 heavy (non-hydrogen) atoms. The maximum atomic E-state index is 10.9. The molecular weight excluding hydrogens is 517 g/mol. The number of benzene rings is 2. The van der Waals surface area contributed by atoms with Crippen LogP contribution in [-0.2, 0) is 17.9 Å². The van der Waals surface area contributed by atoms with Crippen molar-refractivity contribution >= 4 is 35.8 Å². The highest BCUT2D eigenvalue weighted by molar-refractivity contribution is 14.0. The van der Waals surface area contributed by atoms with Crippen molar-refractivity contribution in [1.82, 2.24) is 15.5 Å². The number of nitrogens with one attached hydrogen (secondary N) is 2. The highest BCUT2D eigenvalue weighted by Gasteiger charge is 2.20. The van der Waals surface area contributed by atoms with Crippen LogP contribution < -0.4 is 21.1 Å². The van der Waals surface area contributed by atoms with Crippen LogP contribution in [0.1, 0.15) is 29.5 Å². The van der Waals surface area contributed by atoms with E-state index in [9.17, 15) is 4.79 Å². The average Bonchev–Trinajstić information content (AvgIpc) is 2.78. The molecule has 4 N–H and O–H groups in total. The Morgan fingerprint density at radius 1 is 1.19 bits per heavy atom. The average molecular weight is 551 g/mol. The summed E-state index contributed by atoms with van der Waals surface area (Å²) in [5.41, 5.74) is 8.94. The summed E-state index contributed by atoms with van der Waals surface area (Å²) in [7, 11) is 1.79. The zero-order valence-electron chi connectivity index (χ0n) is 18.8. The summed E-state index contributed by atoms with van der Waals surface area (Å²) in [6.45, 7) is 5.83. The van der Waals surface area contributed by atoms with Gasteiger partial charge in [0.05, 0.1) is 0 Å². The number of hydrogen-bond acceptors (Lipinski definition) is 4. The molecule has 0 aromatic heterocycles. The number of rotatable bonds is 8. The molecule has 0 spiro atoms. The summed E-state index contributed by atoms with van der Waals surface area (Å²) in [5.74, 6) is 0.931. The third-order valence-corrected chi connectivity index (χ3v) is 5.55. The Labute approximate surface area is 207 Å². The van der Waals surface area contributed by atoms with Gasteiger partial charge in [0, 0.05) is 39.3 Å². The number of piperidine rings is 1. The largest absolute Gasteiger partial charge is 0.484 e. The van der Waals surface area contributed by atoms with Gasteiger partial charge in [-0.05, 0) is 48.6 Å². The molecule has 3 rings (SSSR count). The summed E-state index contributed by atoms with van der Waals surface area (Å²) in [6, 6.07) is 16.6. The molecule has 0 unspecified atom stereocenters. The van der Waals surface area contributed by atoms with Crippen LogP contribution >= 0.6 is 24.0 Å². The van der Waals surface area contributed by atoms with Crippen molar-refractivity contribution in [2.75, 3.05) is 26.7 Å². The van der Waals surface area contributed by atoms with E-state index in [1.54, 1.807) is 7.05 Å². The number of primary amides is 1. The number of aliphatic imine (C=N–C) groups is 1. The standard InChI is InChI=1S/C24H33N5O2.HI/c1-18-6-3-4-8-20(18)16-29-12-10-21(11-13-29)28-24(26-2)27-15-19-7-5-9-22(14-19)31-17-23(25)30;/h3-9,14,21H,10-13,15-17H2,1-2H3,(H2,25,30)(H2,26,27,28);1H. The maximum absolute atomic E-state index is 10.9. The number of amides is 1. The predicted molar refractivity (Wildman–Crippen MR) is 139 cm³/mol. The van der Waals surface area contributed by atoms with Gasteiger partial charge >= 0.3 is 0 Å². The maximum Gasteiger partial charge on any atom is 0.255 e. The molecule has 1 aliphatic rings. The SMILES string of the molecule is CN=C(NCc1cccc(OCC(N)=O)c1)NC1CCN(Cc2ccccc2C)CC1.I. The minimum absolute atomic E-state index is 0. The van der Waals surface area contributed by atoms with Crippen LogP contribution in [0.15, 0.2) is 53.5 Å².